The van der Waals surface area contributed by atoms with Crippen LogP contribution < -0.4 is 0 Å². The van der Waals surface area contributed by atoms with Gasteiger partial charge in [0.15, 0.2) is 0 Å². The predicted molar refractivity (Wildman–Crippen MR) is 165 cm³/mol. The lowest BCUT2D eigenvalue weighted by Crippen LogP contribution is -2.06. The number of rotatable bonds is 6. The van der Waals surface area contributed by atoms with Gasteiger partial charge in [-0.3, -0.25) is 9.98 Å². The van der Waals surface area contributed by atoms with Crippen LogP contribution in [0.25, 0.3) is 66.4 Å². The molecule has 5 aromatic heterocycles. The summed E-state index contributed by atoms with van der Waals surface area (Å²) in [5.41, 5.74) is 7.49. The molecular weight excluding hydrogens is 492 g/mol. The molecule has 0 saturated carbocycles. The summed E-state index contributed by atoms with van der Waals surface area (Å²) in [6.45, 7) is 4.28. The number of hydrogen-bond acceptors (Lipinski definition) is 5. The Morgan fingerprint density at radius 3 is 2.38 bits per heavy atom. The van der Waals surface area contributed by atoms with Crippen molar-refractivity contribution in [2.24, 2.45) is 4.99 Å². The fraction of sp³-hybridized carbons (Fsp3) is 0.147. The summed E-state index contributed by atoms with van der Waals surface area (Å²) >= 11 is 0. The average molecular weight is 521 g/mol. The van der Waals surface area contributed by atoms with Crippen LogP contribution in [0.1, 0.15) is 32.9 Å². The zero-order chi connectivity index (χ0) is 27.1. The number of fused-ring (bicyclic) bond motifs is 6. The molecule has 0 radical (unpaired) electrons. The van der Waals surface area contributed by atoms with Crippen LogP contribution in [-0.4, -0.2) is 30.7 Å². The van der Waals surface area contributed by atoms with E-state index < -0.39 is 0 Å². The van der Waals surface area contributed by atoms with Crippen LogP contribution in [-0.2, 0) is 0 Å². The molecule has 40 heavy (non-hydrogen) atoms. The second-order valence-electron chi connectivity index (χ2n) is 9.92. The van der Waals surface area contributed by atoms with E-state index in [0.717, 1.165) is 79.2 Å². The normalized spacial score (nSPS) is 12.8. The van der Waals surface area contributed by atoms with Gasteiger partial charge in [0.2, 0.25) is 0 Å². The molecule has 6 heteroatoms. The van der Waals surface area contributed by atoms with E-state index in [9.17, 15) is 0 Å². The average Bonchev–Trinajstić information content (AvgIpc) is 3.35. The van der Waals surface area contributed by atoms with E-state index >= 15 is 0 Å². The Hall–Kier alpha value is -4.97. The molecule has 7 aromatic rings. The molecular formula is C34H28N6. The van der Waals surface area contributed by atoms with E-state index in [2.05, 4.69) is 78.0 Å². The van der Waals surface area contributed by atoms with Gasteiger partial charge in [0.25, 0.3) is 0 Å². The largest absolute Gasteiger partial charge is 0.302 e. The maximum Gasteiger partial charge on any atom is 0.142 e. The molecule has 0 aliphatic heterocycles. The Morgan fingerprint density at radius 2 is 1.50 bits per heavy atom. The number of benzene rings is 2. The number of hydrogen-bond donors (Lipinski definition) is 0. The van der Waals surface area contributed by atoms with Crippen molar-refractivity contribution >= 4 is 50.0 Å². The lowest BCUT2D eigenvalue weighted by molar-refractivity contribution is 0.537. The number of nitrogens with zero attached hydrogens (tertiary/aromatic N) is 6. The molecule has 5 heterocycles. The highest BCUT2D eigenvalue weighted by atomic mass is 15.2. The SMILES string of the molecule is CCC=NC(CC)n1c2ccc(-c3cccc(-c4ccc5ccc6cccnc6c5n4)n3)cc2c2cccnc21. The molecule has 6 nitrogen and oxygen atoms in total. The molecule has 2 aromatic carbocycles. The Morgan fingerprint density at radius 1 is 0.725 bits per heavy atom. The van der Waals surface area contributed by atoms with E-state index in [4.69, 9.17) is 19.9 Å². The van der Waals surface area contributed by atoms with Gasteiger partial charge in [-0.2, -0.15) is 0 Å². The molecule has 0 fully saturated rings. The van der Waals surface area contributed by atoms with Gasteiger partial charge in [-0.25, -0.2) is 15.0 Å². The van der Waals surface area contributed by atoms with Crippen LogP contribution in [0.3, 0.4) is 0 Å². The van der Waals surface area contributed by atoms with Gasteiger partial charge in [0.1, 0.15) is 11.8 Å². The quantitative estimate of drug-likeness (QED) is 0.163. The Labute approximate surface area is 232 Å². The standard InChI is InChI=1S/C34H28N6/c1-3-18-35-31(4-2)40-30-17-15-24(21-26(30)25-9-7-20-37-34(25)40)27-10-5-11-28(38-27)29-16-14-23-13-12-22-8-6-19-36-32(22)33(23)39-29/h5-21,31H,3-4H2,1-2H3. The van der Waals surface area contributed by atoms with Crippen LogP contribution in [0.2, 0.25) is 0 Å². The van der Waals surface area contributed by atoms with Gasteiger partial charge in [-0.05, 0) is 61.4 Å². The molecule has 0 N–H and O–H groups in total. The second-order valence-corrected chi connectivity index (χ2v) is 9.92. The molecule has 0 spiro atoms. The van der Waals surface area contributed by atoms with Crippen molar-refractivity contribution in [3.8, 4) is 22.6 Å². The lowest BCUT2D eigenvalue weighted by Gasteiger charge is -2.15. The molecule has 0 saturated heterocycles. The first-order valence-corrected chi connectivity index (χ1v) is 13.8. The summed E-state index contributed by atoms with van der Waals surface area (Å²) in [6, 6.07) is 29.1. The molecule has 0 aliphatic carbocycles. The third-order valence-corrected chi connectivity index (χ3v) is 7.42. The Bertz CT molecular complexity index is 2060. The topological polar surface area (TPSA) is 68.8 Å². The highest BCUT2D eigenvalue weighted by Crippen LogP contribution is 2.35. The summed E-state index contributed by atoms with van der Waals surface area (Å²) in [5.74, 6) is 0. The third-order valence-electron chi connectivity index (χ3n) is 7.42. The third kappa shape index (κ3) is 4.00. The molecule has 0 aliphatic rings. The smallest absolute Gasteiger partial charge is 0.142 e. The zero-order valence-corrected chi connectivity index (χ0v) is 22.5. The number of aromatic nitrogens is 5. The molecule has 0 bridgehead atoms. The first kappa shape index (κ1) is 24.1. The fourth-order valence-corrected chi connectivity index (χ4v) is 5.52. The second kappa shape index (κ2) is 9.97. The van der Waals surface area contributed by atoms with E-state index in [-0.39, 0.29) is 6.17 Å². The maximum absolute atomic E-state index is 5.06. The van der Waals surface area contributed by atoms with Gasteiger partial charge >= 0.3 is 0 Å². The summed E-state index contributed by atoms with van der Waals surface area (Å²) in [5, 5.41) is 4.42. The summed E-state index contributed by atoms with van der Waals surface area (Å²) in [7, 11) is 0. The van der Waals surface area contributed by atoms with Crippen LogP contribution in [0.4, 0.5) is 0 Å². The van der Waals surface area contributed by atoms with E-state index in [1.165, 1.54) is 0 Å². The van der Waals surface area contributed by atoms with Crippen molar-refractivity contribution in [2.45, 2.75) is 32.9 Å². The van der Waals surface area contributed by atoms with Gasteiger partial charge < -0.3 is 4.57 Å². The van der Waals surface area contributed by atoms with Crippen LogP contribution in [0.5, 0.6) is 0 Å². The first-order valence-electron chi connectivity index (χ1n) is 13.8. The minimum atomic E-state index is 0.00621. The van der Waals surface area contributed by atoms with Gasteiger partial charge in [-0.15, -0.1) is 0 Å². The van der Waals surface area contributed by atoms with Crippen molar-refractivity contribution in [2.75, 3.05) is 0 Å². The van der Waals surface area contributed by atoms with Crippen LogP contribution >= 0.6 is 0 Å². The van der Waals surface area contributed by atoms with Crippen molar-refractivity contribution in [3.05, 3.63) is 97.3 Å². The zero-order valence-electron chi connectivity index (χ0n) is 22.5. The van der Waals surface area contributed by atoms with Gasteiger partial charge in [0, 0.05) is 45.7 Å². The van der Waals surface area contributed by atoms with Crippen LogP contribution in [0.15, 0.2) is 102 Å². The Kier molecular flexibility index (Phi) is 6.00. The molecule has 0 amide bonds. The fourth-order valence-electron chi connectivity index (χ4n) is 5.52. The maximum atomic E-state index is 5.06. The minimum absolute atomic E-state index is 0.00621. The number of pyridine rings is 4. The summed E-state index contributed by atoms with van der Waals surface area (Å²) < 4.78 is 2.27. The molecule has 1 unspecified atom stereocenters. The predicted octanol–water partition coefficient (Wildman–Crippen LogP) is 8.40. The van der Waals surface area contributed by atoms with Gasteiger partial charge in [0.05, 0.1) is 33.6 Å². The Balaban J connectivity index is 1.35. The summed E-state index contributed by atoms with van der Waals surface area (Å²) in [6.07, 6.45) is 7.48. The van der Waals surface area contributed by atoms with Crippen molar-refractivity contribution in [1.82, 2.24) is 24.5 Å². The van der Waals surface area contributed by atoms with Crippen molar-refractivity contribution < 1.29 is 0 Å². The molecule has 1 atom stereocenters. The van der Waals surface area contributed by atoms with E-state index in [1.807, 2.05) is 48.9 Å². The lowest BCUT2D eigenvalue weighted by atomic mass is 10.1. The highest BCUT2D eigenvalue weighted by Gasteiger charge is 2.18. The molecule has 7 rings (SSSR count). The van der Waals surface area contributed by atoms with Crippen LogP contribution in [0, 0.1) is 0 Å². The highest BCUT2D eigenvalue weighted by molar-refractivity contribution is 6.08. The summed E-state index contributed by atoms with van der Waals surface area (Å²) in [4.78, 5) is 24.3. The van der Waals surface area contributed by atoms with Crippen molar-refractivity contribution in [3.63, 3.8) is 0 Å². The van der Waals surface area contributed by atoms with E-state index in [1.54, 1.807) is 0 Å². The molecule has 194 valence electrons. The van der Waals surface area contributed by atoms with Gasteiger partial charge in [-0.1, -0.05) is 50.2 Å². The monoisotopic (exact) mass is 520 g/mol. The number of aliphatic imine (C=N–C) groups is 1. The van der Waals surface area contributed by atoms with E-state index in [0.29, 0.717) is 0 Å². The first-order chi connectivity index (χ1) is 19.7. The minimum Gasteiger partial charge on any atom is -0.302 e. The van der Waals surface area contributed by atoms with Crippen molar-refractivity contribution in [1.29, 1.82) is 0 Å².